The lowest BCUT2D eigenvalue weighted by Gasteiger charge is -2.36. The maximum absolute atomic E-state index is 12.4. The normalized spacial score (nSPS) is 21.2. The van der Waals surface area contributed by atoms with Crippen molar-refractivity contribution in [2.24, 2.45) is 7.05 Å². The summed E-state index contributed by atoms with van der Waals surface area (Å²) in [7, 11) is 1.85. The number of carbonyl (C=O) groups is 2. The summed E-state index contributed by atoms with van der Waals surface area (Å²) in [6.07, 6.45) is 2.58. The monoisotopic (exact) mass is 429 g/mol. The second kappa shape index (κ2) is 9.80. The van der Waals surface area contributed by atoms with E-state index in [1.54, 1.807) is 4.68 Å². The van der Waals surface area contributed by atoms with Crippen molar-refractivity contribution in [3.63, 3.8) is 0 Å². The van der Waals surface area contributed by atoms with Gasteiger partial charge < -0.3 is 20.1 Å². The van der Waals surface area contributed by atoms with Crippen LogP contribution in [-0.2, 0) is 23.1 Å². The number of rotatable bonds is 5. The van der Waals surface area contributed by atoms with Crippen molar-refractivity contribution >= 4 is 12.2 Å². The molecule has 1 saturated carbocycles. The van der Waals surface area contributed by atoms with Crippen molar-refractivity contribution < 1.29 is 19.1 Å². The topological polar surface area (TPSA) is 107 Å². The number of nitrogens with one attached hydrogen (secondary N) is 2. The molecule has 0 radical (unpaired) electrons. The SMILES string of the molecule is Cn1ncnc1[C@H]1CC[C@H](NC(=O)OCc2ccccc2)[C@H](NC(=O)OC(C)(C)C)C1. The minimum Gasteiger partial charge on any atom is -0.445 e. The van der Waals surface area contributed by atoms with E-state index in [4.69, 9.17) is 9.47 Å². The minimum absolute atomic E-state index is 0.117. The van der Waals surface area contributed by atoms with Crippen molar-refractivity contribution in [3.05, 3.63) is 48.0 Å². The zero-order valence-electron chi connectivity index (χ0n) is 18.5. The molecule has 1 aliphatic carbocycles. The highest BCUT2D eigenvalue weighted by Gasteiger charge is 2.36. The maximum Gasteiger partial charge on any atom is 0.407 e. The molecule has 1 aliphatic rings. The quantitative estimate of drug-likeness (QED) is 0.755. The van der Waals surface area contributed by atoms with Gasteiger partial charge in [0.1, 0.15) is 24.4 Å². The Bertz CT molecular complexity index is 878. The summed E-state index contributed by atoms with van der Waals surface area (Å²) in [4.78, 5) is 29.2. The number of carbonyl (C=O) groups excluding carboxylic acids is 2. The highest BCUT2D eigenvalue weighted by molar-refractivity contribution is 5.70. The molecule has 1 aromatic carbocycles. The molecule has 9 heteroatoms. The summed E-state index contributed by atoms with van der Waals surface area (Å²) in [5.41, 5.74) is 0.298. The molecule has 0 aliphatic heterocycles. The van der Waals surface area contributed by atoms with Crippen molar-refractivity contribution in [3.8, 4) is 0 Å². The van der Waals surface area contributed by atoms with Crippen LogP contribution in [-0.4, -0.2) is 44.6 Å². The van der Waals surface area contributed by atoms with Crippen molar-refractivity contribution in [1.29, 1.82) is 0 Å². The van der Waals surface area contributed by atoms with Crippen LogP contribution in [0.3, 0.4) is 0 Å². The van der Waals surface area contributed by atoms with Gasteiger partial charge in [-0.2, -0.15) is 5.10 Å². The van der Waals surface area contributed by atoms with Gasteiger partial charge in [0.15, 0.2) is 0 Å². The third-order valence-electron chi connectivity index (χ3n) is 5.18. The molecule has 0 unspecified atom stereocenters. The third kappa shape index (κ3) is 6.70. The van der Waals surface area contributed by atoms with Crippen LogP contribution in [0.25, 0.3) is 0 Å². The number of amides is 2. The molecule has 3 rings (SSSR count). The van der Waals surface area contributed by atoms with Gasteiger partial charge in [-0.15, -0.1) is 0 Å². The van der Waals surface area contributed by atoms with Gasteiger partial charge in [-0.25, -0.2) is 14.6 Å². The number of aryl methyl sites for hydroxylation is 1. The molecule has 3 atom stereocenters. The lowest BCUT2D eigenvalue weighted by Crippen LogP contribution is -2.55. The average Bonchev–Trinajstić information content (AvgIpc) is 3.13. The first-order chi connectivity index (χ1) is 14.7. The molecule has 0 spiro atoms. The van der Waals surface area contributed by atoms with E-state index in [1.807, 2.05) is 58.2 Å². The molecule has 9 nitrogen and oxygen atoms in total. The van der Waals surface area contributed by atoms with Crippen LogP contribution in [0.15, 0.2) is 36.7 Å². The Hall–Kier alpha value is -3.10. The molecular weight excluding hydrogens is 398 g/mol. The summed E-state index contributed by atoms with van der Waals surface area (Å²) in [5, 5.41) is 9.99. The second-order valence-electron chi connectivity index (χ2n) is 8.82. The molecule has 2 N–H and O–H groups in total. The van der Waals surface area contributed by atoms with Crippen LogP contribution in [0.2, 0.25) is 0 Å². The fraction of sp³-hybridized carbons (Fsp3) is 0.545. The van der Waals surface area contributed by atoms with E-state index in [0.717, 1.165) is 17.8 Å². The number of hydrogen-bond donors (Lipinski definition) is 2. The summed E-state index contributed by atoms with van der Waals surface area (Å²) in [6, 6.07) is 8.88. The van der Waals surface area contributed by atoms with Gasteiger partial charge in [-0.05, 0) is 45.6 Å². The van der Waals surface area contributed by atoms with Gasteiger partial charge in [0, 0.05) is 13.0 Å². The van der Waals surface area contributed by atoms with Crippen LogP contribution >= 0.6 is 0 Å². The van der Waals surface area contributed by atoms with Crippen LogP contribution < -0.4 is 10.6 Å². The Balaban J connectivity index is 1.64. The smallest absolute Gasteiger partial charge is 0.407 e. The van der Waals surface area contributed by atoms with Crippen molar-refractivity contribution in [2.45, 2.75) is 70.2 Å². The van der Waals surface area contributed by atoms with Crippen LogP contribution in [0.1, 0.15) is 57.3 Å². The molecule has 1 fully saturated rings. The van der Waals surface area contributed by atoms with Crippen molar-refractivity contribution in [1.82, 2.24) is 25.4 Å². The largest absolute Gasteiger partial charge is 0.445 e. The molecule has 1 heterocycles. The summed E-state index contributed by atoms with van der Waals surface area (Å²) < 4.78 is 12.5. The molecule has 1 aromatic heterocycles. The number of ether oxygens (including phenoxy) is 2. The maximum atomic E-state index is 12.4. The first kappa shape index (κ1) is 22.6. The fourth-order valence-corrected chi connectivity index (χ4v) is 3.79. The molecule has 2 amide bonds. The first-order valence-electron chi connectivity index (χ1n) is 10.5. The van der Waals surface area contributed by atoms with E-state index >= 15 is 0 Å². The fourth-order valence-electron chi connectivity index (χ4n) is 3.79. The Morgan fingerprint density at radius 2 is 1.81 bits per heavy atom. The summed E-state index contributed by atoms with van der Waals surface area (Å²) in [6.45, 7) is 5.62. The minimum atomic E-state index is -0.612. The number of alkyl carbamates (subject to hydrolysis) is 2. The van der Waals surface area contributed by atoms with E-state index in [1.165, 1.54) is 6.33 Å². The first-order valence-corrected chi connectivity index (χ1v) is 10.5. The Kier molecular flexibility index (Phi) is 7.14. The second-order valence-corrected chi connectivity index (χ2v) is 8.82. The van der Waals surface area contributed by atoms with E-state index in [-0.39, 0.29) is 24.6 Å². The van der Waals surface area contributed by atoms with Crippen molar-refractivity contribution in [2.75, 3.05) is 0 Å². The summed E-state index contributed by atoms with van der Waals surface area (Å²) in [5.74, 6) is 0.979. The predicted molar refractivity (Wildman–Crippen MR) is 114 cm³/mol. The molecule has 31 heavy (non-hydrogen) atoms. The number of hydrogen-bond acceptors (Lipinski definition) is 6. The zero-order chi connectivity index (χ0) is 22.4. The lowest BCUT2D eigenvalue weighted by molar-refractivity contribution is 0.0470. The highest BCUT2D eigenvalue weighted by atomic mass is 16.6. The van der Waals surface area contributed by atoms with Gasteiger partial charge in [0.25, 0.3) is 0 Å². The number of benzene rings is 1. The standard InChI is InChI=1S/C22H31N5O4/c1-22(2,3)31-21(29)26-18-12-16(19-23-14-24-27(19)4)10-11-17(18)25-20(28)30-13-15-8-6-5-7-9-15/h5-9,14,16-18H,10-13H2,1-4H3,(H,25,28)(H,26,29)/t16-,17-,18+/m0/s1. The van der Waals surface area contributed by atoms with Gasteiger partial charge in [-0.3, -0.25) is 4.68 Å². The van der Waals surface area contributed by atoms with Gasteiger partial charge in [0.05, 0.1) is 12.1 Å². The highest BCUT2D eigenvalue weighted by Crippen LogP contribution is 2.32. The average molecular weight is 430 g/mol. The molecule has 0 bridgehead atoms. The Labute approximate surface area is 182 Å². The Morgan fingerprint density at radius 3 is 2.45 bits per heavy atom. The van der Waals surface area contributed by atoms with Gasteiger partial charge in [-0.1, -0.05) is 30.3 Å². The zero-order valence-corrected chi connectivity index (χ0v) is 18.5. The van der Waals surface area contributed by atoms with Crippen LogP contribution in [0.5, 0.6) is 0 Å². The van der Waals surface area contributed by atoms with Gasteiger partial charge >= 0.3 is 12.2 Å². The van der Waals surface area contributed by atoms with E-state index in [2.05, 4.69) is 20.7 Å². The lowest BCUT2D eigenvalue weighted by atomic mass is 9.81. The molecular formula is C22H31N5O4. The van der Waals surface area contributed by atoms with Gasteiger partial charge in [0.2, 0.25) is 0 Å². The number of aromatic nitrogens is 3. The van der Waals surface area contributed by atoms with E-state index in [9.17, 15) is 9.59 Å². The third-order valence-corrected chi connectivity index (χ3v) is 5.18. The molecule has 0 saturated heterocycles. The van der Waals surface area contributed by atoms with Crippen LogP contribution in [0.4, 0.5) is 9.59 Å². The molecule has 2 aromatic rings. The molecule has 168 valence electrons. The Morgan fingerprint density at radius 1 is 1.10 bits per heavy atom. The number of nitrogens with zero attached hydrogens (tertiary/aromatic N) is 3. The summed E-state index contributed by atoms with van der Waals surface area (Å²) >= 11 is 0. The predicted octanol–water partition coefficient (Wildman–Crippen LogP) is 3.27. The van der Waals surface area contributed by atoms with E-state index in [0.29, 0.717) is 12.8 Å². The van der Waals surface area contributed by atoms with Crippen LogP contribution in [0, 0.1) is 0 Å². The van der Waals surface area contributed by atoms with E-state index < -0.39 is 17.8 Å².